The number of carbonyl (C=O) groups is 1. The van der Waals surface area contributed by atoms with Crippen molar-refractivity contribution >= 4 is 22.8 Å². The Bertz CT molecular complexity index is 1010. The second kappa shape index (κ2) is 7.35. The minimum Gasteiger partial charge on any atom is -0.379 e. The third-order valence-electron chi connectivity index (χ3n) is 4.42. The normalized spacial score (nSPS) is 14.1. The molecule has 4 rings (SSSR count). The van der Waals surface area contributed by atoms with Crippen molar-refractivity contribution in [3.05, 3.63) is 64.9 Å². The zero-order chi connectivity index (χ0) is 19.7. The summed E-state index contributed by atoms with van der Waals surface area (Å²) in [6, 6.07) is 9.88. The maximum Gasteiger partial charge on any atom is 0.433 e. The monoisotopic (exact) mass is 403 g/mol. The van der Waals surface area contributed by atoms with Gasteiger partial charge in [0.2, 0.25) is 0 Å². The minimum atomic E-state index is -4.48. The van der Waals surface area contributed by atoms with Crippen LogP contribution in [0.15, 0.2) is 48.0 Å². The van der Waals surface area contributed by atoms with E-state index in [1.807, 2.05) is 29.6 Å². The molecule has 0 atom stereocenters. The van der Waals surface area contributed by atoms with Gasteiger partial charge in [-0.25, -0.2) is 4.98 Å². The molecule has 1 aliphatic carbocycles. The van der Waals surface area contributed by atoms with Gasteiger partial charge in [-0.15, -0.1) is 11.3 Å². The van der Waals surface area contributed by atoms with Gasteiger partial charge in [-0.2, -0.15) is 13.2 Å². The summed E-state index contributed by atoms with van der Waals surface area (Å²) in [6.45, 7) is 0.290. The number of pyridine rings is 1. The van der Waals surface area contributed by atoms with Gasteiger partial charge in [0.05, 0.1) is 12.2 Å². The van der Waals surface area contributed by atoms with Crippen molar-refractivity contribution < 1.29 is 18.0 Å². The van der Waals surface area contributed by atoms with Crippen molar-refractivity contribution in [2.24, 2.45) is 5.92 Å². The standard InChI is InChI=1S/C20H16F3N3OS/c21-20(22,23)17-9-15(6-7-24-17)25-10-16-11-28-19(26-16)14-3-1-2-13(8-14)18(27)12-4-5-12/h1-3,6-9,11-12H,4-5,10H2,(H,24,25). The molecule has 0 unspecified atom stereocenters. The fourth-order valence-electron chi connectivity index (χ4n) is 2.80. The minimum absolute atomic E-state index is 0.160. The predicted octanol–water partition coefficient (Wildman–Crippen LogP) is 5.43. The molecule has 1 aromatic carbocycles. The highest BCUT2D eigenvalue weighted by atomic mass is 32.1. The van der Waals surface area contributed by atoms with E-state index in [9.17, 15) is 18.0 Å². The number of rotatable bonds is 6. The SMILES string of the molecule is O=C(c1cccc(-c2nc(CNc3ccnc(C(F)(F)F)c3)cs2)c1)C1CC1. The first-order valence-corrected chi connectivity index (χ1v) is 9.64. The molecule has 1 saturated carbocycles. The lowest BCUT2D eigenvalue weighted by Crippen LogP contribution is -2.09. The number of carbonyl (C=O) groups excluding carboxylic acids is 1. The highest BCUT2D eigenvalue weighted by Crippen LogP contribution is 2.34. The average molecular weight is 403 g/mol. The first-order valence-electron chi connectivity index (χ1n) is 8.76. The number of alkyl halides is 3. The summed E-state index contributed by atoms with van der Waals surface area (Å²) in [4.78, 5) is 20.1. The molecule has 1 fully saturated rings. The molecular weight excluding hydrogens is 387 g/mol. The molecule has 0 saturated heterocycles. The lowest BCUT2D eigenvalue weighted by atomic mass is 10.0. The molecule has 0 bridgehead atoms. The Hall–Kier alpha value is -2.74. The van der Waals surface area contributed by atoms with Gasteiger partial charge in [0.1, 0.15) is 10.7 Å². The second-order valence-corrected chi connectivity index (χ2v) is 7.50. The quantitative estimate of drug-likeness (QED) is 0.558. The van der Waals surface area contributed by atoms with Crippen LogP contribution in [0.3, 0.4) is 0 Å². The van der Waals surface area contributed by atoms with Gasteiger partial charge in [-0.1, -0.05) is 18.2 Å². The number of ketones is 1. The van der Waals surface area contributed by atoms with Crippen LogP contribution in [0.2, 0.25) is 0 Å². The Kier molecular flexibility index (Phi) is 4.89. The van der Waals surface area contributed by atoms with E-state index < -0.39 is 11.9 Å². The summed E-state index contributed by atoms with van der Waals surface area (Å²) >= 11 is 1.43. The summed E-state index contributed by atoms with van der Waals surface area (Å²) < 4.78 is 38.2. The topological polar surface area (TPSA) is 54.9 Å². The third-order valence-corrected chi connectivity index (χ3v) is 5.36. The van der Waals surface area contributed by atoms with Gasteiger partial charge in [-0.05, 0) is 31.0 Å². The largest absolute Gasteiger partial charge is 0.433 e. The van der Waals surface area contributed by atoms with Crippen molar-refractivity contribution in [2.45, 2.75) is 25.6 Å². The lowest BCUT2D eigenvalue weighted by molar-refractivity contribution is -0.141. The molecule has 8 heteroatoms. The number of thiazole rings is 1. The van der Waals surface area contributed by atoms with E-state index in [0.717, 1.165) is 35.7 Å². The smallest absolute Gasteiger partial charge is 0.379 e. The zero-order valence-electron chi connectivity index (χ0n) is 14.7. The van der Waals surface area contributed by atoms with Crippen LogP contribution >= 0.6 is 11.3 Å². The van der Waals surface area contributed by atoms with Gasteiger partial charge in [0.15, 0.2) is 5.78 Å². The summed E-state index contributed by atoms with van der Waals surface area (Å²) in [5.41, 5.74) is 1.67. The van der Waals surface area contributed by atoms with E-state index in [1.54, 1.807) is 0 Å². The molecule has 0 amide bonds. The molecule has 0 radical (unpaired) electrons. The van der Waals surface area contributed by atoms with Crippen LogP contribution in [0.5, 0.6) is 0 Å². The molecular formula is C20H16F3N3OS. The Balaban J connectivity index is 1.45. The number of hydrogen-bond acceptors (Lipinski definition) is 5. The molecule has 144 valence electrons. The zero-order valence-corrected chi connectivity index (χ0v) is 15.5. The second-order valence-electron chi connectivity index (χ2n) is 6.64. The Morgan fingerprint density at radius 1 is 1.21 bits per heavy atom. The Morgan fingerprint density at radius 2 is 2.04 bits per heavy atom. The number of halogens is 3. The van der Waals surface area contributed by atoms with Crippen LogP contribution < -0.4 is 5.32 Å². The molecule has 28 heavy (non-hydrogen) atoms. The van der Waals surface area contributed by atoms with Gasteiger partial charge < -0.3 is 5.32 Å². The molecule has 0 aliphatic heterocycles. The number of benzene rings is 1. The summed E-state index contributed by atoms with van der Waals surface area (Å²) in [7, 11) is 0. The lowest BCUT2D eigenvalue weighted by Gasteiger charge is -2.08. The van der Waals surface area contributed by atoms with E-state index in [1.165, 1.54) is 17.4 Å². The van der Waals surface area contributed by atoms with Crippen molar-refractivity contribution in [1.29, 1.82) is 0 Å². The summed E-state index contributed by atoms with van der Waals surface area (Å²) in [6.07, 6.45) is -1.43. The van der Waals surface area contributed by atoms with E-state index in [4.69, 9.17) is 0 Å². The first-order chi connectivity index (χ1) is 13.4. The van der Waals surface area contributed by atoms with Crippen molar-refractivity contribution in [3.8, 4) is 10.6 Å². The fraction of sp³-hybridized carbons (Fsp3) is 0.250. The molecule has 1 aliphatic rings. The number of aromatic nitrogens is 2. The van der Waals surface area contributed by atoms with Crippen LogP contribution in [0.25, 0.3) is 10.6 Å². The summed E-state index contributed by atoms with van der Waals surface area (Å²) in [5, 5.41) is 5.56. The fourth-order valence-corrected chi connectivity index (χ4v) is 3.61. The maximum absolute atomic E-state index is 12.7. The van der Waals surface area contributed by atoms with Gasteiger partial charge >= 0.3 is 6.18 Å². The van der Waals surface area contributed by atoms with E-state index in [-0.39, 0.29) is 11.7 Å². The van der Waals surface area contributed by atoms with E-state index in [2.05, 4.69) is 15.3 Å². The van der Waals surface area contributed by atoms with Crippen molar-refractivity contribution in [2.75, 3.05) is 5.32 Å². The van der Waals surface area contributed by atoms with Crippen molar-refractivity contribution in [3.63, 3.8) is 0 Å². The summed E-state index contributed by atoms with van der Waals surface area (Å²) in [5.74, 6) is 0.340. The molecule has 2 heterocycles. The van der Waals surface area contributed by atoms with Crippen LogP contribution in [-0.4, -0.2) is 15.8 Å². The Morgan fingerprint density at radius 3 is 2.79 bits per heavy atom. The van der Waals surface area contributed by atoms with Gasteiger partial charge in [-0.3, -0.25) is 9.78 Å². The molecule has 2 aromatic heterocycles. The van der Waals surface area contributed by atoms with Gasteiger partial charge in [0, 0.05) is 34.3 Å². The number of hydrogen-bond donors (Lipinski definition) is 1. The number of Topliss-reactive ketones (excluding diaryl/α,β-unsaturated/α-hetero) is 1. The van der Waals surface area contributed by atoms with E-state index >= 15 is 0 Å². The predicted molar refractivity (Wildman–Crippen MR) is 101 cm³/mol. The van der Waals surface area contributed by atoms with Crippen LogP contribution in [0.1, 0.15) is 34.6 Å². The third kappa shape index (κ3) is 4.22. The van der Waals surface area contributed by atoms with Crippen LogP contribution in [0.4, 0.5) is 18.9 Å². The average Bonchev–Trinajstić information content (AvgIpc) is 3.43. The molecule has 0 spiro atoms. The number of nitrogens with one attached hydrogen (secondary N) is 1. The molecule has 1 N–H and O–H groups in total. The number of anilines is 1. The Labute approximate surface area is 163 Å². The highest BCUT2D eigenvalue weighted by molar-refractivity contribution is 7.13. The van der Waals surface area contributed by atoms with Crippen molar-refractivity contribution in [1.82, 2.24) is 9.97 Å². The first kappa shape index (κ1) is 18.6. The molecule has 3 aromatic rings. The maximum atomic E-state index is 12.7. The van der Waals surface area contributed by atoms with Crippen LogP contribution in [0, 0.1) is 5.92 Å². The van der Waals surface area contributed by atoms with Gasteiger partial charge in [0.25, 0.3) is 0 Å². The van der Waals surface area contributed by atoms with Crippen LogP contribution in [-0.2, 0) is 12.7 Å². The number of nitrogens with zero attached hydrogens (tertiary/aromatic N) is 2. The highest BCUT2D eigenvalue weighted by Gasteiger charge is 2.32. The van der Waals surface area contributed by atoms with E-state index in [0.29, 0.717) is 23.5 Å². The molecule has 4 nitrogen and oxygen atoms in total.